The highest BCUT2D eigenvalue weighted by molar-refractivity contribution is 7.17. The van der Waals surface area contributed by atoms with Crippen LogP contribution in [-0.4, -0.2) is 78.4 Å². The Morgan fingerprint density at radius 1 is 1.29 bits per heavy atom. The molecule has 2 atom stereocenters. The molecule has 0 spiro atoms. The fraction of sp³-hybridized carbons (Fsp3) is 0.458. The van der Waals surface area contributed by atoms with E-state index in [2.05, 4.69) is 34.4 Å². The highest BCUT2D eigenvalue weighted by Crippen LogP contribution is 2.35. The molecule has 1 aromatic rings. The second-order valence-corrected chi connectivity index (χ2v) is 9.70. The molecule has 0 radical (unpaired) electrons. The summed E-state index contributed by atoms with van der Waals surface area (Å²) in [6.45, 7) is 1.12. The Kier molecular flexibility index (Phi) is 7.36. The number of carboxylic acid groups (broad SMARTS) is 1. The van der Waals surface area contributed by atoms with Crippen LogP contribution >= 0.6 is 11.3 Å². The third-order valence-electron chi connectivity index (χ3n) is 6.07. The van der Waals surface area contributed by atoms with Crippen LogP contribution in [0, 0.1) is 11.8 Å². The van der Waals surface area contributed by atoms with Gasteiger partial charge in [-0.1, -0.05) is 24.0 Å². The van der Waals surface area contributed by atoms with E-state index in [0.29, 0.717) is 16.7 Å². The SMILES string of the molecule is CN1CCC(NC2C=CC=C3C2=CC(C#CCNc2ccc(C(=O)O)s2)N3CC(F)(F)F)CC1. The second-order valence-electron chi connectivity index (χ2n) is 8.61. The van der Waals surface area contributed by atoms with Crippen LogP contribution in [0.15, 0.2) is 47.7 Å². The summed E-state index contributed by atoms with van der Waals surface area (Å²) < 4.78 is 40.2. The standard InChI is InChI=1S/C24H27F3N4O2S/c1-30-12-9-16(10-13-30)29-19-5-2-6-20-18(19)14-17(31(20)15-24(25,26)27)4-3-11-28-22-8-7-21(34-22)23(32)33/h2,5-8,14,16-17,19,28-29H,9-13,15H2,1H3,(H,32,33). The van der Waals surface area contributed by atoms with Gasteiger partial charge in [-0.2, -0.15) is 13.2 Å². The van der Waals surface area contributed by atoms with Crippen LogP contribution in [0.1, 0.15) is 22.5 Å². The molecule has 3 heterocycles. The first-order valence-corrected chi connectivity index (χ1v) is 12.0. The molecule has 4 rings (SSSR count). The van der Waals surface area contributed by atoms with Crippen LogP contribution in [0.25, 0.3) is 0 Å². The van der Waals surface area contributed by atoms with E-state index in [4.69, 9.17) is 5.11 Å². The van der Waals surface area contributed by atoms with Crippen LogP contribution in [0.5, 0.6) is 0 Å². The summed E-state index contributed by atoms with van der Waals surface area (Å²) in [6, 6.07) is 2.63. The van der Waals surface area contributed by atoms with Crippen molar-refractivity contribution in [3.05, 3.63) is 52.6 Å². The fourth-order valence-electron chi connectivity index (χ4n) is 4.38. The molecular formula is C24H27F3N4O2S. The van der Waals surface area contributed by atoms with Crippen LogP contribution in [0.2, 0.25) is 0 Å². The van der Waals surface area contributed by atoms with Gasteiger partial charge in [0.15, 0.2) is 0 Å². The van der Waals surface area contributed by atoms with Gasteiger partial charge in [0, 0.05) is 11.7 Å². The van der Waals surface area contributed by atoms with Crippen molar-refractivity contribution in [3.63, 3.8) is 0 Å². The van der Waals surface area contributed by atoms with Crippen molar-refractivity contribution in [1.82, 2.24) is 15.1 Å². The largest absolute Gasteiger partial charge is 0.477 e. The zero-order valence-corrected chi connectivity index (χ0v) is 19.5. The van der Waals surface area contributed by atoms with Gasteiger partial charge in [-0.3, -0.25) is 0 Å². The predicted molar refractivity (Wildman–Crippen MR) is 127 cm³/mol. The van der Waals surface area contributed by atoms with Crippen molar-refractivity contribution >= 4 is 22.3 Å². The van der Waals surface area contributed by atoms with Gasteiger partial charge in [0.2, 0.25) is 0 Å². The summed E-state index contributed by atoms with van der Waals surface area (Å²) in [5, 5.41) is 16.3. The van der Waals surface area contributed by atoms with E-state index in [9.17, 15) is 18.0 Å². The molecule has 0 aromatic carbocycles. The van der Waals surface area contributed by atoms with Gasteiger partial charge >= 0.3 is 12.1 Å². The lowest BCUT2D eigenvalue weighted by Crippen LogP contribution is -2.46. The number of carboxylic acids is 1. The van der Waals surface area contributed by atoms with Crippen LogP contribution < -0.4 is 10.6 Å². The molecule has 34 heavy (non-hydrogen) atoms. The van der Waals surface area contributed by atoms with Gasteiger partial charge in [-0.05, 0) is 62.8 Å². The summed E-state index contributed by atoms with van der Waals surface area (Å²) >= 11 is 1.09. The lowest BCUT2D eigenvalue weighted by atomic mass is 9.96. The highest BCUT2D eigenvalue weighted by Gasteiger charge is 2.40. The van der Waals surface area contributed by atoms with Crippen molar-refractivity contribution in [1.29, 1.82) is 0 Å². The number of alkyl halides is 3. The number of thiophene rings is 1. The van der Waals surface area contributed by atoms with Crippen molar-refractivity contribution in [2.24, 2.45) is 0 Å². The van der Waals surface area contributed by atoms with Crippen molar-refractivity contribution in [3.8, 4) is 11.8 Å². The van der Waals surface area contributed by atoms with Gasteiger partial charge in [0.25, 0.3) is 0 Å². The molecule has 0 amide bonds. The number of anilines is 1. The number of halogens is 3. The summed E-state index contributed by atoms with van der Waals surface area (Å²) in [7, 11) is 2.09. The van der Waals surface area contributed by atoms with Crippen molar-refractivity contribution < 1.29 is 23.1 Å². The first-order valence-electron chi connectivity index (χ1n) is 11.1. The molecule has 1 fully saturated rings. The predicted octanol–water partition coefficient (Wildman–Crippen LogP) is 3.54. The maximum absolute atomic E-state index is 13.4. The normalized spacial score (nSPS) is 23.1. The van der Waals surface area contributed by atoms with E-state index in [1.807, 2.05) is 18.2 Å². The Morgan fingerprint density at radius 3 is 2.74 bits per heavy atom. The molecule has 6 nitrogen and oxygen atoms in total. The number of nitrogens with zero attached hydrogens (tertiary/aromatic N) is 2. The van der Waals surface area contributed by atoms with Crippen LogP contribution in [0.3, 0.4) is 0 Å². The number of fused-ring (bicyclic) bond motifs is 1. The summed E-state index contributed by atoms with van der Waals surface area (Å²) in [6.07, 6.45) is 5.01. The maximum atomic E-state index is 13.4. The molecule has 2 aliphatic heterocycles. The molecule has 1 aromatic heterocycles. The van der Waals surface area contributed by atoms with E-state index in [-0.39, 0.29) is 17.5 Å². The van der Waals surface area contributed by atoms with Crippen LogP contribution in [0.4, 0.5) is 18.2 Å². The molecule has 1 saturated heterocycles. The van der Waals surface area contributed by atoms with Crippen molar-refractivity contribution in [2.75, 3.05) is 38.5 Å². The lowest BCUT2D eigenvalue weighted by molar-refractivity contribution is -0.141. The third kappa shape index (κ3) is 6.03. The van der Waals surface area contributed by atoms with Crippen molar-refractivity contribution in [2.45, 2.75) is 37.1 Å². The number of allylic oxidation sites excluding steroid dienone is 2. The Bertz CT molecular complexity index is 1060. The van der Waals surface area contributed by atoms with Gasteiger partial charge in [0.05, 0.1) is 17.6 Å². The summed E-state index contributed by atoms with van der Waals surface area (Å²) in [5.41, 5.74) is 1.39. The number of carbonyl (C=O) groups is 1. The first-order chi connectivity index (χ1) is 16.2. The number of hydrogen-bond acceptors (Lipinski definition) is 6. The zero-order chi connectivity index (χ0) is 24.3. The number of hydrogen-bond donors (Lipinski definition) is 3. The quantitative estimate of drug-likeness (QED) is 0.528. The Hall–Kier alpha value is -2.74. The smallest absolute Gasteiger partial charge is 0.405 e. The number of aromatic carboxylic acids is 1. The second kappa shape index (κ2) is 10.3. The highest BCUT2D eigenvalue weighted by atomic mass is 32.1. The molecule has 0 saturated carbocycles. The molecule has 0 bridgehead atoms. The van der Waals surface area contributed by atoms with E-state index >= 15 is 0 Å². The number of likely N-dealkylation sites (tertiary alicyclic amines) is 1. The lowest BCUT2D eigenvalue weighted by Gasteiger charge is -2.34. The van der Waals surface area contributed by atoms with E-state index in [0.717, 1.165) is 42.8 Å². The first kappa shape index (κ1) is 24.4. The molecular weight excluding hydrogens is 465 g/mol. The Morgan fingerprint density at radius 2 is 2.06 bits per heavy atom. The maximum Gasteiger partial charge on any atom is 0.405 e. The zero-order valence-electron chi connectivity index (χ0n) is 18.7. The molecule has 182 valence electrons. The molecule has 1 aliphatic carbocycles. The molecule has 3 aliphatic rings. The molecule has 10 heteroatoms. The monoisotopic (exact) mass is 492 g/mol. The van der Waals surface area contributed by atoms with E-state index in [1.165, 1.54) is 11.0 Å². The number of piperidine rings is 1. The number of nitrogens with one attached hydrogen (secondary N) is 2. The van der Waals surface area contributed by atoms with Gasteiger partial charge < -0.3 is 25.5 Å². The molecule has 3 N–H and O–H groups in total. The minimum Gasteiger partial charge on any atom is -0.477 e. The minimum absolute atomic E-state index is 0.144. The third-order valence-corrected chi connectivity index (χ3v) is 7.10. The van der Waals surface area contributed by atoms with Gasteiger partial charge in [0.1, 0.15) is 17.5 Å². The average molecular weight is 493 g/mol. The Balaban J connectivity index is 1.46. The average Bonchev–Trinajstić information content (AvgIpc) is 3.38. The summed E-state index contributed by atoms with van der Waals surface area (Å²) in [4.78, 5) is 14.8. The van der Waals surface area contributed by atoms with E-state index < -0.39 is 24.7 Å². The van der Waals surface area contributed by atoms with Crippen LogP contribution in [-0.2, 0) is 0 Å². The van der Waals surface area contributed by atoms with Gasteiger partial charge in [-0.25, -0.2) is 4.79 Å². The topological polar surface area (TPSA) is 67.8 Å². The Labute approximate surface area is 200 Å². The number of rotatable bonds is 6. The van der Waals surface area contributed by atoms with Gasteiger partial charge in [-0.15, -0.1) is 11.3 Å². The minimum atomic E-state index is -4.36. The molecule has 2 unspecified atom stereocenters. The van der Waals surface area contributed by atoms with E-state index in [1.54, 1.807) is 12.1 Å². The summed E-state index contributed by atoms with van der Waals surface area (Å²) in [5.74, 6) is 4.87. The fourth-order valence-corrected chi connectivity index (χ4v) is 5.12.